The fourth-order valence-electron chi connectivity index (χ4n) is 2.52. The molecular formula is C15H13BrF3N5O2. The molecule has 0 fully saturated rings. The maximum absolute atomic E-state index is 12.9. The van der Waals surface area contributed by atoms with Gasteiger partial charge >= 0.3 is 12.1 Å². The van der Waals surface area contributed by atoms with Gasteiger partial charge in [0.05, 0.1) is 28.3 Å². The molecule has 0 saturated heterocycles. The first-order chi connectivity index (χ1) is 12.1. The Hall–Kier alpha value is -2.43. The molecule has 3 heterocycles. The number of carbonyl (C=O) groups excluding carboxylic acids is 1. The summed E-state index contributed by atoms with van der Waals surface area (Å²) in [6.07, 6.45) is -3.45. The van der Waals surface area contributed by atoms with Crippen molar-refractivity contribution in [1.82, 2.24) is 24.3 Å². The lowest BCUT2D eigenvalue weighted by Crippen LogP contribution is -2.10. The standard InChI is InChI=1S/C15H13BrF3N5O2/c1-4-26-14(25)12-10(16)11(22-24(12)3)13-21-7-5-9(15(17,18)19)20-6-8(7)23(13)2/h5-6H,4H2,1-3H3. The molecule has 0 N–H and O–H groups in total. The molecule has 0 spiro atoms. The molecule has 26 heavy (non-hydrogen) atoms. The molecule has 3 rings (SSSR count). The summed E-state index contributed by atoms with van der Waals surface area (Å²) < 4.78 is 46.8. The number of pyridine rings is 1. The molecule has 0 aliphatic heterocycles. The van der Waals surface area contributed by atoms with E-state index in [-0.39, 0.29) is 17.8 Å². The van der Waals surface area contributed by atoms with Gasteiger partial charge in [0.15, 0.2) is 11.5 Å². The van der Waals surface area contributed by atoms with Crippen LogP contribution in [0.25, 0.3) is 22.6 Å². The fourth-order valence-corrected chi connectivity index (χ4v) is 3.19. The number of imidazole rings is 1. The van der Waals surface area contributed by atoms with E-state index >= 15 is 0 Å². The minimum Gasteiger partial charge on any atom is -0.461 e. The lowest BCUT2D eigenvalue weighted by molar-refractivity contribution is -0.141. The summed E-state index contributed by atoms with van der Waals surface area (Å²) in [5, 5.41) is 4.25. The van der Waals surface area contributed by atoms with Gasteiger partial charge in [-0.3, -0.25) is 4.68 Å². The summed E-state index contributed by atoms with van der Waals surface area (Å²) in [4.78, 5) is 19.8. The van der Waals surface area contributed by atoms with Crippen molar-refractivity contribution in [1.29, 1.82) is 0 Å². The average Bonchev–Trinajstić information content (AvgIpc) is 3.03. The van der Waals surface area contributed by atoms with E-state index in [0.717, 1.165) is 12.3 Å². The van der Waals surface area contributed by atoms with Gasteiger partial charge in [-0.2, -0.15) is 18.3 Å². The number of halogens is 4. The normalized spacial score (nSPS) is 12.0. The molecule has 3 aromatic heterocycles. The van der Waals surface area contributed by atoms with Gasteiger partial charge in [-0.25, -0.2) is 14.8 Å². The summed E-state index contributed by atoms with van der Waals surface area (Å²) >= 11 is 3.31. The zero-order valence-corrected chi connectivity index (χ0v) is 15.5. The van der Waals surface area contributed by atoms with Crippen LogP contribution in [0.5, 0.6) is 0 Å². The Morgan fingerprint density at radius 1 is 1.35 bits per heavy atom. The van der Waals surface area contributed by atoms with Gasteiger partial charge in [-0.15, -0.1) is 0 Å². The van der Waals surface area contributed by atoms with E-state index in [1.54, 1.807) is 25.6 Å². The highest BCUT2D eigenvalue weighted by Gasteiger charge is 2.33. The van der Waals surface area contributed by atoms with E-state index in [0.29, 0.717) is 21.5 Å². The number of alkyl halides is 3. The van der Waals surface area contributed by atoms with Crippen LogP contribution in [-0.2, 0) is 25.0 Å². The van der Waals surface area contributed by atoms with Gasteiger partial charge in [0, 0.05) is 14.1 Å². The van der Waals surface area contributed by atoms with Crippen LogP contribution in [0.3, 0.4) is 0 Å². The Balaban J connectivity index is 2.16. The Labute approximate surface area is 153 Å². The fraction of sp³-hybridized carbons (Fsp3) is 0.333. The maximum atomic E-state index is 12.9. The molecule has 0 amide bonds. The maximum Gasteiger partial charge on any atom is 0.433 e. The molecule has 0 unspecified atom stereocenters. The van der Waals surface area contributed by atoms with Gasteiger partial charge in [-0.1, -0.05) is 0 Å². The first kappa shape index (κ1) is 18.4. The highest BCUT2D eigenvalue weighted by atomic mass is 79.9. The molecule has 0 aliphatic carbocycles. The minimum atomic E-state index is -4.56. The van der Waals surface area contributed by atoms with Crippen molar-refractivity contribution in [3.05, 3.63) is 28.1 Å². The third-order valence-corrected chi connectivity index (χ3v) is 4.48. The second kappa shape index (κ2) is 6.38. The van der Waals surface area contributed by atoms with Crippen molar-refractivity contribution >= 4 is 32.9 Å². The van der Waals surface area contributed by atoms with Crippen molar-refractivity contribution in [2.24, 2.45) is 14.1 Å². The monoisotopic (exact) mass is 431 g/mol. The molecule has 0 aromatic carbocycles. The second-order valence-corrected chi connectivity index (χ2v) is 6.20. The zero-order valence-electron chi connectivity index (χ0n) is 13.9. The third kappa shape index (κ3) is 2.96. The van der Waals surface area contributed by atoms with E-state index in [4.69, 9.17) is 4.74 Å². The van der Waals surface area contributed by atoms with Crippen molar-refractivity contribution in [3.8, 4) is 11.5 Å². The molecule has 0 atom stereocenters. The van der Waals surface area contributed by atoms with Gasteiger partial charge in [0.2, 0.25) is 0 Å². The van der Waals surface area contributed by atoms with Crippen LogP contribution >= 0.6 is 15.9 Å². The van der Waals surface area contributed by atoms with E-state index < -0.39 is 17.8 Å². The van der Waals surface area contributed by atoms with Crippen LogP contribution in [0.15, 0.2) is 16.7 Å². The molecule has 3 aromatic rings. The number of rotatable bonds is 3. The number of hydrogen-bond acceptors (Lipinski definition) is 5. The molecular weight excluding hydrogens is 419 g/mol. The van der Waals surface area contributed by atoms with Crippen molar-refractivity contribution < 1.29 is 22.7 Å². The lowest BCUT2D eigenvalue weighted by Gasteiger charge is -2.04. The van der Waals surface area contributed by atoms with Crippen molar-refractivity contribution in [3.63, 3.8) is 0 Å². The van der Waals surface area contributed by atoms with E-state index in [9.17, 15) is 18.0 Å². The number of nitrogens with zero attached hydrogens (tertiary/aromatic N) is 5. The number of fused-ring (bicyclic) bond motifs is 1. The Bertz CT molecular complexity index is 1010. The topological polar surface area (TPSA) is 74.8 Å². The largest absolute Gasteiger partial charge is 0.461 e. The lowest BCUT2D eigenvalue weighted by atomic mass is 10.3. The Kier molecular flexibility index (Phi) is 4.51. The number of ether oxygens (including phenoxy) is 1. The molecule has 7 nitrogen and oxygen atoms in total. The molecule has 138 valence electrons. The number of hydrogen-bond donors (Lipinski definition) is 0. The predicted molar refractivity (Wildman–Crippen MR) is 89.4 cm³/mol. The van der Waals surface area contributed by atoms with Crippen LogP contribution in [-0.4, -0.2) is 36.9 Å². The van der Waals surface area contributed by atoms with Crippen LogP contribution in [0.1, 0.15) is 23.1 Å². The first-order valence-electron chi connectivity index (χ1n) is 7.44. The molecule has 0 aliphatic rings. The van der Waals surface area contributed by atoms with Gasteiger partial charge in [0.1, 0.15) is 11.4 Å². The van der Waals surface area contributed by atoms with Crippen LogP contribution in [0.2, 0.25) is 0 Å². The quantitative estimate of drug-likeness (QED) is 0.594. The molecule has 0 saturated carbocycles. The number of carbonyl (C=O) groups is 1. The van der Waals surface area contributed by atoms with Crippen LogP contribution < -0.4 is 0 Å². The zero-order chi connectivity index (χ0) is 19.2. The smallest absolute Gasteiger partial charge is 0.433 e. The summed E-state index contributed by atoms with van der Waals surface area (Å²) in [6, 6.07) is 0.877. The van der Waals surface area contributed by atoms with Gasteiger partial charge in [0.25, 0.3) is 0 Å². The molecule has 0 radical (unpaired) electrons. The number of esters is 1. The number of aromatic nitrogens is 5. The highest BCUT2D eigenvalue weighted by Crippen LogP contribution is 2.33. The predicted octanol–water partition coefficient (Wildman–Crippen LogP) is 3.33. The Morgan fingerprint density at radius 2 is 2.04 bits per heavy atom. The van der Waals surface area contributed by atoms with Crippen molar-refractivity contribution in [2.45, 2.75) is 13.1 Å². The first-order valence-corrected chi connectivity index (χ1v) is 8.24. The number of aryl methyl sites for hydroxylation is 2. The van der Waals surface area contributed by atoms with Crippen molar-refractivity contribution in [2.75, 3.05) is 6.61 Å². The van der Waals surface area contributed by atoms with Crippen LogP contribution in [0.4, 0.5) is 13.2 Å². The van der Waals surface area contributed by atoms with Gasteiger partial charge in [-0.05, 0) is 28.9 Å². The molecule has 0 bridgehead atoms. The van der Waals surface area contributed by atoms with Crippen LogP contribution in [0, 0.1) is 0 Å². The van der Waals surface area contributed by atoms with E-state index in [1.807, 2.05) is 0 Å². The van der Waals surface area contributed by atoms with E-state index in [2.05, 4.69) is 31.0 Å². The summed E-state index contributed by atoms with van der Waals surface area (Å²) in [5.41, 5.74) is -0.00364. The second-order valence-electron chi connectivity index (χ2n) is 5.41. The SMILES string of the molecule is CCOC(=O)c1c(Br)c(-c2nc3cc(C(F)(F)F)ncc3n2C)nn1C. The minimum absolute atomic E-state index is 0.125. The Morgan fingerprint density at radius 3 is 2.65 bits per heavy atom. The average molecular weight is 432 g/mol. The summed E-state index contributed by atoms with van der Waals surface area (Å²) in [6.45, 7) is 1.88. The summed E-state index contributed by atoms with van der Waals surface area (Å²) in [5.74, 6) is -0.278. The summed E-state index contributed by atoms with van der Waals surface area (Å²) in [7, 11) is 3.19. The van der Waals surface area contributed by atoms with E-state index in [1.165, 1.54) is 4.68 Å². The molecule has 11 heteroatoms. The third-order valence-electron chi connectivity index (χ3n) is 3.73. The van der Waals surface area contributed by atoms with Gasteiger partial charge < -0.3 is 9.30 Å². The highest BCUT2D eigenvalue weighted by molar-refractivity contribution is 9.10.